The fourth-order valence-electron chi connectivity index (χ4n) is 0.891. The molecule has 1 aromatic rings. The van der Waals surface area contributed by atoms with Crippen LogP contribution < -0.4 is 5.69 Å². The van der Waals surface area contributed by atoms with Gasteiger partial charge in [0.05, 0.1) is 12.1 Å². The molecular weight excluding hydrogens is 144 g/mol. The third-order valence-corrected chi connectivity index (χ3v) is 1.28. The minimum Gasteiger partial charge on any atom is -0.389 e. The van der Waals surface area contributed by atoms with Gasteiger partial charge >= 0.3 is 5.69 Å². The molecule has 0 radical (unpaired) electrons. The standard InChI is InChI=1S/C7H12N2O2/c1-7(2,11)5-9-4-3-8-6(9)10/h3-4,11H,5H2,1-2H3,(H,8,10). The van der Waals surface area contributed by atoms with Gasteiger partial charge in [-0.05, 0) is 13.8 Å². The number of hydrogen-bond donors (Lipinski definition) is 2. The Kier molecular flexibility index (Phi) is 1.87. The third-order valence-electron chi connectivity index (χ3n) is 1.28. The van der Waals surface area contributed by atoms with Gasteiger partial charge in [-0.15, -0.1) is 0 Å². The first-order valence-corrected chi connectivity index (χ1v) is 3.45. The van der Waals surface area contributed by atoms with Crippen molar-refractivity contribution < 1.29 is 5.11 Å². The average molecular weight is 156 g/mol. The summed E-state index contributed by atoms with van der Waals surface area (Å²) in [6.45, 7) is 3.63. The zero-order valence-electron chi connectivity index (χ0n) is 6.66. The van der Waals surface area contributed by atoms with E-state index >= 15 is 0 Å². The fraction of sp³-hybridized carbons (Fsp3) is 0.571. The van der Waals surface area contributed by atoms with Gasteiger partial charge < -0.3 is 10.1 Å². The van der Waals surface area contributed by atoms with E-state index in [4.69, 9.17) is 0 Å². The molecule has 1 heterocycles. The number of H-pyrrole nitrogens is 1. The van der Waals surface area contributed by atoms with Gasteiger partial charge in [0.2, 0.25) is 0 Å². The molecule has 0 aliphatic carbocycles. The molecule has 1 rings (SSSR count). The first-order chi connectivity index (χ1) is 4.99. The van der Waals surface area contributed by atoms with E-state index in [0.717, 1.165) is 0 Å². The lowest BCUT2D eigenvalue weighted by Gasteiger charge is -2.16. The van der Waals surface area contributed by atoms with Crippen LogP contribution in [0.15, 0.2) is 17.2 Å². The number of hydrogen-bond acceptors (Lipinski definition) is 2. The van der Waals surface area contributed by atoms with Crippen molar-refractivity contribution in [3.63, 3.8) is 0 Å². The van der Waals surface area contributed by atoms with Crippen molar-refractivity contribution in [1.82, 2.24) is 9.55 Å². The largest absolute Gasteiger partial charge is 0.389 e. The second kappa shape index (κ2) is 2.54. The summed E-state index contributed by atoms with van der Waals surface area (Å²) >= 11 is 0. The molecule has 0 saturated heterocycles. The Labute approximate surface area is 64.5 Å². The second-order valence-corrected chi connectivity index (χ2v) is 3.21. The van der Waals surface area contributed by atoms with Crippen LogP contribution in [-0.2, 0) is 6.54 Å². The number of imidazole rings is 1. The topological polar surface area (TPSA) is 58.0 Å². The molecule has 0 bridgehead atoms. The van der Waals surface area contributed by atoms with Gasteiger partial charge in [-0.3, -0.25) is 4.57 Å². The van der Waals surface area contributed by atoms with E-state index in [1.54, 1.807) is 26.2 Å². The number of nitrogens with zero attached hydrogens (tertiary/aromatic N) is 1. The van der Waals surface area contributed by atoms with Crippen LogP contribution in [0.25, 0.3) is 0 Å². The maximum Gasteiger partial charge on any atom is 0.325 e. The van der Waals surface area contributed by atoms with Crippen molar-refractivity contribution >= 4 is 0 Å². The molecular formula is C7H12N2O2. The van der Waals surface area contributed by atoms with E-state index in [0.29, 0.717) is 6.54 Å². The van der Waals surface area contributed by atoms with Crippen LogP contribution in [0.4, 0.5) is 0 Å². The molecule has 2 N–H and O–H groups in total. The molecule has 0 atom stereocenters. The summed E-state index contributed by atoms with van der Waals surface area (Å²) in [4.78, 5) is 13.4. The number of nitrogens with one attached hydrogen (secondary N) is 1. The summed E-state index contributed by atoms with van der Waals surface area (Å²) in [5.74, 6) is 0. The molecule has 0 aromatic carbocycles. The van der Waals surface area contributed by atoms with Crippen molar-refractivity contribution in [2.75, 3.05) is 0 Å². The number of aliphatic hydroxyl groups is 1. The molecule has 0 unspecified atom stereocenters. The van der Waals surface area contributed by atoms with E-state index in [9.17, 15) is 9.90 Å². The summed E-state index contributed by atoms with van der Waals surface area (Å²) in [5, 5.41) is 9.34. The van der Waals surface area contributed by atoms with Crippen LogP contribution in [0.1, 0.15) is 13.8 Å². The lowest BCUT2D eigenvalue weighted by atomic mass is 10.1. The zero-order chi connectivity index (χ0) is 8.48. The highest BCUT2D eigenvalue weighted by Gasteiger charge is 2.13. The molecule has 0 aliphatic rings. The minimum absolute atomic E-state index is 0.188. The first kappa shape index (κ1) is 8.07. The fourth-order valence-corrected chi connectivity index (χ4v) is 0.891. The summed E-state index contributed by atoms with van der Waals surface area (Å²) in [5.41, 5.74) is -1.03. The maximum absolute atomic E-state index is 10.9. The predicted molar refractivity (Wildman–Crippen MR) is 41.4 cm³/mol. The van der Waals surface area contributed by atoms with Crippen molar-refractivity contribution in [1.29, 1.82) is 0 Å². The number of aromatic nitrogens is 2. The summed E-state index contributed by atoms with van der Waals surface area (Å²) in [7, 11) is 0. The van der Waals surface area contributed by atoms with Gasteiger partial charge in [0.15, 0.2) is 0 Å². The Morgan fingerprint density at radius 3 is 2.73 bits per heavy atom. The molecule has 1 aromatic heterocycles. The van der Waals surface area contributed by atoms with Crippen molar-refractivity contribution in [2.45, 2.75) is 26.0 Å². The van der Waals surface area contributed by atoms with Gasteiger partial charge in [0.25, 0.3) is 0 Å². The molecule has 0 spiro atoms. The summed E-state index contributed by atoms with van der Waals surface area (Å²) < 4.78 is 1.43. The summed E-state index contributed by atoms with van der Waals surface area (Å²) in [6.07, 6.45) is 3.16. The molecule has 11 heavy (non-hydrogen) atoms. The number of rotatable bonds is 2. The maximum atomic E-state index is 10.9. The molecule has 0 amide bonds. The highest BCUT2D eigenvalue weighted by molar-refractivity contribution is 4.79. The lowest BCUT2D eigenvalue weighted by molar-refractivity contribution is 0.0605. The first-order valence-electron chi connectivity index (χ1n) is 3.45. The van der Waals surface area contributed by atoms with Crippen LogP contribution in [0.3, 0.4) is 0 Å². The van der Waals surface area contributed by atoms with E-state index in [-0.39, 0.29) is 5.69 Å². The molecule has 0 aliphatic heterocycles. The van der Waals surface area contributed by atoms with Crippen LogP contribution in [-0.4, -0.2) is 20.3 Å². The van der Waals surface area contributed by atoms with Gasteiger partial charge in [0.1, 0.15) is 0 Å². The van der Waals surface area contributed by atoms with Crippen LogP contribution >= 0.6 is 0 Å². The SMILES string of the molecule is CC(C)(O)Cn1cc[nH]c1=O. The Bertz CT molecular complexity index is 279. The minimum atomic E-state index is -0.841. The van der Waals surface area contributed by atoms with Gasteiger partial charge in [0, 0.05) is 12.4 Å². The zero-order valence-corrected chi connectivity index (χ0v) is 6.66. The number of aromatic amines is 1. The second-order valence-electron chi connectivity index (χ2n) is 3.21. The Hall–Kier alpha value is -1.03. The van der Waals surface area contributed by atoms with Crippen molar-refractivity contribution in [2.24, 2.45) is 0 Å². The van der Waals surface area contributed by atoms with E-state index < -0.39 is 5.60 Å². The molecule has 4 nitrogen and oxygen atoms in total. The van der Waals surface area contributed by atoms with Crippen LogP contribution in [0.5, 0.6) is 0 Å². The van der Waals surface area contributed by atoms with Crippen LogP contribution in [0, 0.1) is 0 Å². The van der Waals surface area contributed by atoms with Gasteiger partial charge in [-0.25, -0.2) is 4.79 Å². The third kappa shape index (κ3) is 2.23. The molecule has 62 valence electrons. The highest BCUT2D eigenvalue weighted by atomic mass is 16.3. The highest BCUT2D eigenvalue weighted by Crippen LogP contribution is 2.02. The summed E-state index contributed by atoms with van der Waals surface area (Å²) in [6, 6.07) is 0. The molecule has 4 heteroatoms. The Morgan fingerprint density at radius 2 is 2.36 bits per heavy atom. The Morgan fingerprint density at radius 1 is 1.73 bits per heavy atom. The van der Waals surface area contributed by atoms with E-state index in [2.05, 4.69) is 4.98 Å². The molecule has 0 saturated carbocycles. The normalized spacial score (nSPS) is 11.9. The van der Waals surface area contributed by atoms with Gasteiger partial charge in [-0.1, -0.05) is 0 Å². The molecule has 0 fully saturated rings. The quantitative estimate of drug-likeness (QED) is 0.630. The van der Waals surface area contributed by atoms with E-state index in [1.807, 2.05) is 0 Å². The monoisotopic (exact) mass is 156 g/mol. The van der Waals surface area contributed by atoms with E-state index in [1.165, 1.54) is 4.57 Å². The lowest BCUT2D eigenvalue weighted by Crippen LogP contribution is -2.31. The average Bonchev–Trinajstić information content (AvgIpc) is 2.12. The van der Waals surface area contributed by atoms with Crippen molar-refractivity contribution in [3.05, 3.63) is 22.9 Å². The van der Waals surface area contributed by atoms with Crippen molar-refractivity contribution in [3.8, 4) is 0 Å². The van der Waals surface area contributed by atoms with Crippen LogP contribution in [0.2, 0.25) is 0 Å². The predicted octanol–water partition coefficient (Wildman–Crippen LogP) is -0.0527. The van der Waals surface area contributed by atoms with Gasteiger partial charge in [-0.2, -0.15) is 0 Å². The Balaban J connectivity index is 2.80. The smallest absolute Gasteiger partial charge is 0.325 e.